The first-order chi connectivity index (χ1) is 8.72. The van der Waals surface area contributed by atoms with Gasteiger partial charge in [-0.15, -0.1) is 0 Å². The quantitative estimate of drug-likeness (QED) is 0.737. The molecule has 0 aliphatic heterocycles. The van der Waals surface area contributed by atoms with Crippen molar-refractivity contribution in [2.24, 2.45) is 5.73 Å². The van der Waals surface area contributed by atoms with Crippen molar-refractivity contribution in [3.8, 4) is 11.5 Å². The lowest BCUT2D eigenvalue weighted by Crippen LogP contribution is -2.04. The van der Waals surface area contributed by atoms with E-state index in [4.69, 9.17) is 26.8 Å². The first-order valence-corrected chi connectivity index (χ1v) is 6.80. The monoisotopic (exact) mass is 271 g/mol. The number of ether oxygens (including phenoxy) is 2. The lowest BCUT2D eigenvalue weighted by Gasteiger charge is -2.14. The Hall–Kier alpha value is -0.930. The van der Waals surface area contributed by atoms with Gasteiger partial charge in [0.25, 0.3) is 0 Å². The van der Waals surface area contributed by atoms with E-state index < -0.39 is 0 Å². The fourth-order valence-corrected chi connectivity index (χ4v) is 2.04. The van der Waals surface area contributed by atoms with E-state index in [0.717, 1.165) is 24.8 Å². The smallest absolute Gasteiger partial charge is 0.179 e. The van der Waals surface area contributed by atoms with Crippen LogP contribution in [0, 0.1) is 0 Å². The zero-order valence-electron chi connectivity index (χ0n) is 11.2. The minimum absolute atomic E-state index is 0.592. The van der Waals surface area contributed by atoms with Crippen LogP contribution in [0.2, 0.25) is 5.02 Å². The van der Waals surface area contributed by atoms with Gasteiger partial charge in [-0.2, -0.15) is 0 Å². The topological polar surface area (TPSA) is 44.5 Å². The number of nitrogens with two attached hydrogens (primary N) is 1. The van der Waals surface area contributed by atoms with Crippen molar-refractivity contribution in [2.75, 3.05) is 20.3 Å². The van der Waals surface area contributed by atoms with Gasteiger partial charge in [0.15, 0.2) is 11.5 Å². The zero-order chi connectivity index (χ0) is 13.4. The van der Waals surface area contributed by atoms with E-state index in [1.54, 1.807) is 7.11 Å². The average Bonchev–Trinajstić information content (AvgIpc) is 2.36. The maximum absolute atomic E-state index is 6.22. The predicted molar refractivity (Wildman–Crippen MR) is 75.8 cm³/mol. The highest BCUT2D eigenvalue weighted by atomic mass is 35.5. The molecule has 3 nitrogen and oxygen atoms in total. The molecular formula is C14H22ClNO2. The molecule has 0 aliphatic rings. The molecule has 0 bridgehead atoms. The van der Waals surface area contributed by atoms with Gasteiger partial charge in [0, 0.05) is 0 Å². The van der Waals surface area contributed by atoms with E-state index in [2.05, 4.69) is 6.92 Å². The average molecular weight is 272 g/mol. The highest BCUT2D eigenvalue weighted by molar-refractivity contribution is 6.32. The SMILES string of the molecule is CCCCCOc1c(Cl)cc(CCN)cc1OC. The normalized spacial score (nSPS) is 10.4. The molecule has 1 aromatic rings. The molecule has 0 aromatic heterocycles. The first kappa shape index (κ1) is 15.1. The Morgan fingerprint density at radius 1 is 1.28 bits per heavy atom. The van der Waals surface area contributed by atoms with Crippen LogP contribution in [0.25, 0.3) is 0 Å². The molecule has 0 saturated carbocycles. The van der Waals surface area contributed by atoms with Crippen LogP contribution in [0.5, 0.6) is 11.5 Å². The van der Waals surface area contributed by atoms with Crippen LogP contribution >= 0.6 is 11.6 Å². The molecule has 0 heterocycles. The molecule has 0 atom stereocenters. The number of halogens is 1. The van der Waals surface area contributed by atoms with Crippen LogP contribution in [0.1, 0.15) is 31.7 Å². The summed E-state index contributed by atoms with van der Waals surface area (Å²) in [5.74, 6) is 1.32. The number of methoxy groups -OCH3 is 1. The molecule has 102 valence electrons. The third-order valence-electron chi connectivity index (χ3n) is 2.72. The minimum Gasteiger partial charge on any atom is -0.493 e. The van der Waals surface area contributed by atoms with E-state index in [0.29, 0.717) is 29.7 Å². The van der Waals surface area contributed by atoms with Crippen molar-refractivity contribution in [2.45, 2.75) is 32.6 Å². The summed E-state index contributed by atoms with van der Waals surface area (Å²) in [6, 6.07) is 3.83. The van der Waals surface area contributed by atoms with Crippen molar-refractivity contribution in [1.29, 1.82) is 0 Å². The first-order valence-electron chi connectivity index (χ1n) is 6.42. The van der Waals surface area contributed by atoms with E-state index in [9.17, 15) is 0 Å². The molecule has 1 rings (SSSR count). The van der Waals surface area contributed by atoms with Crippen LogP contribution < -0.4 is 15.2 Å². The van der Waals surface area contributed by atoms with Gasteiger partial charge < -0.3 is 15.2 Å². The van der Waals surface area contributed by atoms with Gasteiger partial charge in [-0.05, 0) is 37.1 Å². The highest BCUT2D eigenvalue weighted by Crippen LogP contribution is 2.36. The van der Waals surface area contributed by atoms with Crippen LogP contribution in [0.4, 0.5) is 0 Å². The Morgan fingerprint density at radius 2 is 2.06 bits per heavy atom. The largest absolute Gasteiger partial charge is 0.493 e. The van der Waals surface area contributed by atoms with Crippen molar-refractivity contribution < 1.29 is 9.47 Å². The third kappa shape index (κ3) is 4.39. The highest BCUT2D eigenvalue weighted by Gasteiger charge is 2.11. The van der Waals surface area contributed by atoms with Crippen molar-refractivity contribution >= 4 is 11.6 Å². The maximum atomic E-state index is 6.22. The summed E-state index contributed by atoms with van der Waals surface area (Å²) in [4.78, 5) is 0. The maximum Gasteiger partial charge on any atom is 0.179 e. The predicted octanol–water partition coefficient (Wildman–Crippen LogP) is 3.42. The van der Waals surface area contributed by atoms with E-state index in [-0.39, 0.29) is 0 Å². The summed E-state index contributed by atoms with van der Waals surface area (Å²) in [5, 5.41) is 0.592. The van der Waals surface area contributed by atoms with Gasteiger partial charge in [-0.1, -0.05) is 31.4 Å². The van der Waals surface area contributed by atoms with E-state index in [1.807, 2.05) is 12.1 Å². The van der Waals surface area contributed by atoms with E-state index >= 15 is 0 Å². The van der Waals surface area contributed by atoms with Crippen molar-refractivity contribution in [3.05, 3.63) is 22.7 Å². The van der Waals surface area contributed by atoms with Gasteiger partial charge in [0.2, 0.25) is 0 Å². The number of hydrogen-bond donors (Lipinski definition) is 1. The fraction of sp³-hybridized carbons (Fsp3) is 0.571. The second-order valence-electron chi connectivity index (χ2n) is 4.20. The molecule has 0 amide bonds. The van der Waals surface area contributed by atoms with Gasteiger partial charge in [-0.3, -0.25) is 0 Å². The summed E-state index contributed by atoms with van der Waals surface area (Å²) >= 11 is 6.22. The lowest BCUT2D eigenvalue weighted by molar-refractivity contribution is 0.286. The number of rotatable bonds is 8. The molecule has 0 unspecified atom stereocenters. The van der Waals surface area contributed by atoms with E-state index in [1.165, 1.54) is 6.42 Å². The molecule has 2 N–H and O–H groups in total. The molecular weight excluding hydrogens is 250 g/mol. The van der Waals surface area contributed by atoms with Crippen molar-refractivity contribution in [1.82, 2.24) is 0 Å². The summed E-state index contributed by atoms with van der Waals surface area (Å²) in [6.07, 6.45) is 4.14. The lowest BCUT2D eigenvalue weighted by atomic mass is 10.1. The fourth-order valence-electron chi connectivity index (χ4n) is 1.75. The molecule has 0 saturated heterocycles. The van der Waals surface area contributed by atoms with Crippen LogP contribution in [-0.4, -0.2) is 20.3 Å². The number of hydrogen-bond acceptors (Lipinski definition) is 3. The van der Waals surface area contributed by atoms with Gasteiger partial charge in [-0.25, -0.2) is 0 Å². The third-order valence-corrected chi connectivity index (χ3v) is 3.00. The number of benzene rings is 1. The summed E-state index contributed by atoms with van der Waals surface area (Å²) in [7, 11) is 1.62. The Kier molecular flexibility index (Phi) is 6.91. The summed E-state index contributed by atoms with van der Waals surface area (Å²) in [5.41, 5.74) is 6.61. The number of unbranched alkanes of at least 4 members (excludes halogenated alkanes) is 2. The molecule has 1 aromatic carbocycles. The van der Waals surface area contributed by atoms with Gasteiger partial charge in [0.05, 0.1) is 18.7 Å². The molecule has 4 heteroatoms. The van der Waals surface area contributed by atoms with Crippen molar-refractivity contribution in [3.63, 3.8) is 0 Å². The van der Waals surface area contributed by atoms with Crippen LogP contribution in [0.3, 0.4) is 0 Å². The zero-order valence-corrected chi connectivity index (χ0v) is 11.9. The second-order valence-corrected chi connectivity index (χ2v) is 4.61. The standard InChI is InChI=1S/C14H22ClNO2/c1-3-4-5-8-18-14-12(15)9-11(6-7-16)10-13(14)17-2/h9-10H,3-8,16H2,1-2H3. The Balaban J connectivity index is 2.76. The Labute approximate surface area is 114 Å². The van der Waals surface area contributed by atoms with Gasteiger partial charge in [0.1, 0.15) is 0 Å². The minimum atomic E-state index is 0.592. The molecule has 0 spiro atoms. The van der Waals surface area contributed by atoms with Crippen LogP contribution in [0.15, 0.2) is 12.1 Å². The Bertz CT molecular complexity index is 369. The molecule has 0 radical (unpaired) electrons. The second kappa shape index (κ2) is 8.22. The molecule has 18 heavy (non-hydrogen) atoms. The summed E-state index contributed by atoms with van der Waals surface area (Å²) in [6.45, 7) is 3.42. The Morgan fingerprint density at radius 3 is 2.67 bits per heavy atom. The summed E-state index contributed by atoms with van der Waals surface area (Å²) < 4.78 is 11.0. The molecule has 0 aliphatic carbocycles. The van der Waals surface area contributed by atoms with Gasteiger partial charge >= 0.3 is 0 Å². The molecule has 0 fully saturated rings. The van der Waals surface area contributed by atoms with Crippen LogP contribution in [-0.2, 0) is 6.42 Å².